The van der Waals surface area contributed by atoms with Crippen molar-refractivity contribution in [3.63, 3.8) is 0 Å². The van der Waals surface area contributed by atoms with Crippen LogP contribution in [0.1, 0.15) is 22.8 Å². The zero-order chi connectivity index (χ0) is 19.9. The molecule has 0 bridgehead atoms. The molecule has 0 spiro atoms. The van der Waals surface area contributed by atoms with Crippen LogP contribution in [0.5, 0.6) is 0 Å². The lowest BCUT2D eigenvalue weighted by Crippen LogP contribution is -2.42. The number of amides is 2. The Labute approximate surface area is 171 Å². The quantitative estimate of drug-likeness (QED) is 0.477. The first-order valence-electron chi connectivity index (χ1n) is 8.54. The highest BCUT2D eigenvalue weighted by Crippen LogP contribution is 2.22. The maximum absolute atomic E-state index is 12.1. The molecule has 0 radical (unpaired) electrons. The van der Waals surface area contributed by atoms with E-state index in [2.05, 4.69) is 28.0 Å². The van der Waals surface area contributed by atoms with Crippen molar-refractivity contribution < 1.29 is 9.59 Å². The minimum absolute atomic E-state index is 0.0773. The van der Waals surface area contributed by atoms with E-state index < -0.39 is 5.91 Å². The topological polar surface area (TPSA) is 88.9 Å². The van der Waals surface area contributed by atoms with Crippen LogP contribution in [0.25, 0.3) is 5.69 Å². The number of hydrogen-bond acceptors (Lipinski definition) is 5. The van der Waals surface area contributed by atoms with Crippen LogP contribution in [0, 0.1) is 0 Å². The molecule has 7 nitrogen and oxygen atoms in total. The predicted molar refractivity (Wildman–Crippen MR) is 109 cm³/mol. The molecule has 0 saturated heterocycles. The number of para-hydroxylation sites is 1. The van der Waals surface area contributed by atoms with E-state index in [1.54, 1.807) is 30.6 Å². The molecule has 9 heteroatoms. The van der Waals surface area contributed by atoms with Crippen LogP contribution in [0.4, 0.5) is 0 Å². The summed E-state index contributed by atoms with van der Waals surface area (Å²) < 4.78 is 1.85. The number of carbonyl (C=O) groups is 2. The van der Waals surface area contributed by atoms with Crippen molar-refractivity contribution in [3.8, 4) is 5.69 Å². The zero-order valence-electron chi connectivity index (χ0n) is 15.1. The molecule has 0 aliphatic heterocycles. The second kappa shape index (κ2) is 9.38. The fourth-order valence-electron chi connectivity index (χ4n) is 2.50. The predicted octanol–water partition coefficient (Wildman–Crippen LogP) is 3.04. The highest BCUT2D eigenvalue weighted by Gasteiger charge is 2.13. The van der Waals surface area contributed by atoms with Crippen LogP contribution < -0.4 is 10.9 Å². The van der Waals surface area contributed by atoms with Crippen LogP contribution in [0.15, 0.2) is 60.0 Å². The number of benzene rings is 2. The summed E-state index contributed by atoms with van der Waals surface area (Å²) in [7, 11) is 0. The van der Waals surface area contributed by atoms with E-state index in [9.17, 15) is 9.59 Å². The molecular weight excluding hydrogens is 398 g/mol. The van der Waals surface area contributed by atoms with E-state index in [4.69, 9.17) is 11.6 Å². The first-order valence-corrected chi connectivity index (χ1v) is 9.90. The lowest BCUT2D eigenvalue weighted by molar-refractivity contribution is -0.119. The van der Waals surface area contributed by atoms with E-state index in [-0.39, 0.29) is 11.7 Å². The van der Waals surface area contributed by atoms with Gasteiger partial charge >= 0.3 is 0 Å². The first kappa shape index (κ1) is 19.9. The molecule has 2 N–H and O–H groups in total. The molecule has 0 saturated carbocycles. The summed E-state index contributed by atoms with van der Waals surface area (Å²) in [6.07, 6.45) is 2.49. The van der Waals surface area contributed by atoms with Gasteiger partial charge in [-0.15, -0.1) is 10.2 Å². The Hall–Kier alpha value is -2.84. The van der Waals surface area contributed by atoms with E-state index in [0.717, 1.165) is 17.7 Å². The van der Waals surface area contributed by atoms with E-state index in [1.165, 1.54) is 11.8 Å². The average molecular weight is 416 g/mol. The first-order chi connectivity index (χ1) is 13.6. The van der Waals surface area contributed by atoms with Gasteiger partial charge in [0.05, 0.1) is 11.4 Å². The van der Waals surface area contributed by atoms with Crippen molar-refractivity contribution in [2.24, 2.45) is 0 Å². The maximum atomic E-state index is 12.1. The van der Waals surface area contributed by atoms with Gasteiger partial charge in [0.25, 0.3) is 5.91 Å². The standard InChI is InChI=1S/C19H18ClN5O2S/c1-2-13-5-3-4-6-16(13)25-12-21-24-19(25)28-11-17(26)22-23-18(27)14-7-9-15(20)10-8-14/h3-10,12H,2,11H2,1H3,(H,22,26)(H,23,27). The highest BCUT2D eigenvalue weighted by atomic mass is 35.5. The van der Waals surface area contributed by atoms with Gasteiger partial charge in [-0.1, -0.05) is 48.5 Å². The Morgan fingerprint density at radius 2 is 1.86 bits per heavy atom. The normalized spacial score (nSPS) is 10.5. The monoisotopic (exact) mass is 415 g/mol. The maximum Gasteiger partial charge on any atom is 0.269 e. The van der Waals surface area contributed by atoms with Crippen molar-refractivity contribution in [2.75, 3.05) is 5.75 Å². The highest BCUT2D eigenvalue weighted by molar-refractivity contribution is 7.99. The lowest BCUT2D eigenvalue weighted by atomic mass is 10.1. The molecule has 2 aromatic carbocycles. The molecule has 144 valence electrons. The number of aryl methyl sites for hydroxylation is 1. The Balaban J connectivity index is 1.56. The van der Waals surface area contributed by atoms with Gasteiger partial charge in [-0.25, -0.2) is 0 Å². The largest absolute Gasteiger partial charge is 0.276 e. The molecule has 0 aliphatic rings. The summed E-state index contributed by atoms with van der Waals surface area (Å²) >= 11 is 7.03. The Morgan fingerprint density at radius 3 is 2.61 bits per heavy atom. The summed E-state index contributed by atoms with van der Waals surface area (Å²) in [5.41, 5.74) is 7.30. The molecule has 1 aromatic heterocycles. The summed E-state index contributed by atoms with van der Waals surface area (Å²) in [4.78, 5) is 24.1. The number of halogens is 1. The third kappa shape index (κ3) is 4.90. The van der Waals surface area contributed by atoms with E-state index in [1.807, 2.05) is 28.8 Å². The molecular formula is C19H18ClN5O2S. The number of carbonyl (C=O) groups excluding carboxylic acids is 2. The Morgan fingerprint density at radius 1 is 1.11 bits per heavy atom. The van der Waals surface area contributed by atoms with Crippen molar-refractivity contribution in [1.29, 1.82) is 0 Å². The smallest absolute Gasteiger partial charge is 0.269 e. The molecule has 0 unspecified atom stereocenters. The minimum Gasteiger partial charge on any atom is -0.276 e. The number of hydrazine groups is 1. The van der Waals surface area contributed by atoms with Gasteiger partial charge in [0.2, 0.25) is 5.91 Å². The number of thioether (sulfide) groups is 1. The summed E-state index contributed by atoms with van der Waals surface area (Å²) in [6, 6.07) is 14.3. The SMILES string of the molecule is CCc1ccccc1-n1cnnc1SCC(=O)NNC(=O)c1ccc(Cl)cc1. The zero-order valence-corrected chi connectivity index (χ0v) is 16.6. The molecule has 3 rings (SSSR count). The minimum atomic E-state index is -0.421. The van der Waals surface area contributed by atoms with Crippen molar-refractivity contribution in [3.05, 3.63) is 71.0 Å². The van der Waals surface area contributed by atoms with Crippen LogP contribution in [-0.4, -0.2) is 32.3 Å². The second-order valence-electron chi connectivity index (χ2n) is 5.76. The fourth-order valence-corrected chi connectivity index (χ4v) is 3.35. The fraction of sp³-hybridized carbons (Fsp3) is 0.158. The van der Waals surface area contributed by atoms with E-state index >= 15 is 0 Å². The number of hydrogen-bond donors (Lipinski definition) is 2. The summed E-state index contributed by atoms with van der Waals surface area (Å²) in [5, 5.41) is 9.17. The van der Waals surface area contributed by atoms with Gasteiger partial charge in [-0.2, -0.15) is 0 Å². The third-order valence-corrected chi connectivity index (χ3v) is 5.10. The van der Waals surface area contributed by atoms with Crippen molar-refractivity contribution >= 4 is 35.2 Å². The van der Waals surface area contributed by atoms with Gasteiger partial charge in [-0.3, -0.25) is 25.0 Å². The van der Waals surface area contributed by atoms with Gasteiger partial charge in [0.1, 0.15) is 6.33 Å². The third-order valence-electron chi connectivity index (χ3n) is 3.90. The van der Waals surface area contributed by atoms with Crippen LogP contribution in [0.2, 0.25) is 5.02 Å². The van der Waals surface area contributed by atoms with Gasteiger partial charge in [-0.05, 0) is 42.3 Å². The van der Waals surface area contributed by atoms with Crippen LogP contribution in [-0.2, 0) is 11.2 Å². The number of rotatable bonds is 6. The molecule has 0 aliphatic carbocycles. The summed E-state index contributed by atoms with van der Waals surface area (Å²) in [5.74, 6) is -0.700. The Bertz CT molecular complexity index is 974. The van der Waals surface area contributed by atoms with Gasteiger partial charge < -0.3 is 0 Å². The number of nitrogens with one attached hydrogen (secondary N) is 2. The average Bonchev–Trinajstić information content (AvgIpc) is 3.19. The molecule has 3 aromatic rings. The van der Waals surface area contributed by atoms with E-state index in [0.29, 0.717) is 15.7 Å². The van der Waals surface area contributed by atoms with Gasteiger partial charge in [0, 0.05) is 10.6 Å². The second-order valence-corrected chi connectivity index (χ2v) is 7.14. The van der Waals surface area contributed by atoms with Crippen LogP contribution in [0.3, 0.4) is 0 Å². The van der Waals surface area contributed by atoms with Crippen molar-refractivity contribution in [1.82, 2.24) is 25.6 Å². The molecule has 0 atom stereocenters. The number of aromatic nitrogens is 3. The molecule has 28 heavy (non-hydrogen) atoms. The van der Waals surface area contributed by atoms with Crippen molar-refractivity contribution in [2.45, 2.75) is 18.5 Å². The molecule has 2 amide bonds. The summed E-state index contributed by atoms with van der Waals surface area (Å²) in [6.45, 7) is 2.08. The number of nitrogens with zero attached hydrogens (tertiary/aromatic N) is 3. The lowest BCUT2D eigenvalue weighted by Gasteiger charge is -2.11. The van der Waals surface area contributed by atoms with Gasteiger partial charge in [0.15, 0.2) is 5.16 Å². The molecule has 1 heterocycles. The molecule has 0 fully saturated rings. The Kier molecular flexibility index (Phi) is 6.67. The van der Waals surface area contributed by atoms with Crippen LogP contribution >= 0.6 is 23.4 Å².